The van der Waals surface area contributed by atoms with Gasteiger partial charge in [0.25, 0.3) is 11.6 Å². The zero-order valence-electron chi connectivity index (χ0n) is 15.7. The van der Waals surface area contributed by atoms with Crippen LogP contribution in [0, 0.1) is 10.1 Å². The van der Waals surface area contributed by atoms with Gasteiger partial charge in [-0.25, -0.2) is 4.98 Å². The molecule has 0 unspecified atom stereocenters. The second kappa shape index (κ2) is 8.43. The summed E-state index contributed by atoms with van der Waals surface area (Å²) in [5.74, 6) is 0.160. The van der Waals surface area contributed by atoms with Gasteiger partial charge in [0.15, 0.2) is 0 Å². The highest BCUT2D eigenvalue weighted by Crippen LogP contribution is 2.25. The minimum absolute atomic E-state index is 0.0560. The molecule has 8 nitrogen and oxygen atoms in total. The first-order chi connectivity index (χ1) is 13.3. The molecule has 0 bridgehead atoms. The summed E-state index contributed by atoms with van der Waals surface area (Å²) >= 11 is 6.18. The number of hydrogen-bond donors (Lipinski definition) is 0. The van der Waals surface area contributed by atoms with Crippen molar-refractivity contribution >= 4 is 28.9 Å². The number of halogens is 1. The van der Waals surface area contributed by atoms with Gasteiger partial charge in [-0.1, -0.05) is 17.7 Å². The van der Waals surface area contributed by atoms with E-state index in [1.165, 1.54) is 12.3 Å². The lowest BCUT2D eigenvalue weighted by Crippen LogP contribution is -2.48. The van der Waals surface area contributed by atoms with Gasteiger partial charge >= 0.3 is 0 Å². The number of amides is 1. The predicted octanol–water partition coefficient (Wildman–Crippen LogP) is 3.39. The first-order valence-corrected chi connectivity index (χ1v) is 9.34. The number of rotatable bonds is 5. The summed E-state index contributed by atoms with van der Waals surface area (Å²) in [5, 5.41) is 11.3. The van der Waals surface area contributed by atoms with Crippen molar-refractivity contribution in [3.63, 3.8) is 0 Å². The van der Waals surface area contributed by atoms with Crippen molar-refractivity contribution in [1.29, 1.82) is 0 Å². The van der Waals surface area contributed by atoms with E-state index in [0.29, 0.717) is 42.6 Å². The van der Waals surface area contributed by atoms with Gasteiger partial charge in [-0.15, -0.1) is 0 Å². The minimum atomic E-state index is -0.410. The molecule has 1 fully saturated rings. The maximum absolute atomic E-state index is 12.8. The summed E-state index contributed by atoms with van der Waals surface area (Å²) < 4.78 is 5.49. The first-order valence-electron chi connectivity index (χ1n) is 8.96. The number of nitro groups is 1. The number of piperazine rings is 1. The molecule has 0 atom stereocenters. The SMILES string of the molecule is CC(C)Oc1ncc(C(=O)N2CCN(c3cccc([N+](=O)[O-])c3)CC2)cc1Cl. The zero-order valence-corrected chi connectivity index (χ0v) is 16.4. The lowest BCUT2D eigenvalue weighted by atomic mass is 10.2. The van der Waals surface area contributed by atoms with Crippen LogP contribution < -0.4 is 9.64 Å². The van der Waals surface area contributed by atoms with Crippen LogP contribution in [-0.4, -0.2) is 53.0 Å². The normalized spacial score (nSPS) is 14.3. The molecule has 1 aromatic heterocycles. The van der Waals surface area contributed by atoms with Crippen LogP contribution in [0.5, 0.6) is 5.88 Å². The van der Waals surface area contributed by atoms with Crippen molar-refractivity contribution in [3.8, 4) is 5.88 Å². The fourth-order valence-electron chi connectivity index (χ4n) is 3.01. The largest absolute Gasteiger partial charge is 0.474 e. The van der Waals surface area contributed by atoms with Gasteiger partial charge in [0.2, 0.25) is 5.88 Å². The topological polar surface area (TPSA) is 88.8 Å². The Morgan fingerprint density at radius 3 is 2.57 bits per heavy atom. The van der Waals surface area contributed by atoms with Crippen LogP contribution in [0.15, 0.2) is 36.5 Å². The van der Waals surface area contributed by atoms with Gasteiger partial charge in [-0.2, -0.15) is 0 Å². The molecular weight excluding hydrogens is 384 g/mol. The molecule has 0 aliphatic carbocycles. The van der Waals surface area contributed by atoms with E-state index in [0.717, 1.165) is 5.69 Å². The Labute approximate surface area is 167 Å². The van der Waals surface area contributed by atoms with Gasteiger partial charge < -0.3 is 14.5 Å². The van der Waals surface area contributed by atoms with E-state index in [2.05, 4.69) is 4.98 Å². The van der Waals surface area contributed by atoms with Crippen LogP contribution in [0.25, 0.3) is 0 Å². The fraction of sp³-hybridized carbons (Fsp3) is 0.368. The summed E-state index contributed by atoms with van der Waals surface area (Å²) in [6.07, 6.45) is 1.41. The number of anilines is 1. The number of nitrogens with zero attached hydrogens (tertiary/aromatic N) is 4. The lowest BCUT2D eigenvalue weighted by molar-refractivity contribution is -0.384. The number of pyridine rings is 1. The Balaban J connectivity index is 1.64. The van der Waals surface area contributed by atoms with Crippen molar-refractivity contribution in [1.82, 2.24) is 9.88 Å². The second-order valence-electron chi connectivity index (χ2n) is 6.73. The molecule has 148 valence electrons. The van der Waals surface area contributed by atoms with Gasteiger partial charge in [-0.05, 0) is 26.0 Å². The molecule has 9 heteroatoms. The Hall–Kier alpha value is -2.87. The second-order valence-corrected chi connectivity index (χ2v) is 7.14. The van der Waals surface area contributed by atoms with Gasteiger partial charge in [0.05, 0.1) is 16.6 Å². The summed E-state index contributed by atoms with van der Waals surface area (Å²) in [6.45, 7) is 5.92. The average Bonchev–Trinajstić information content (AvgIpc) is 2.69. The molecule has 3 rings (SSSR count). The molecule has 1 aromatic carbocycles. The monoisotopic (exact) mass is 404 g/mol. The van der Waals surface area contributed by atoms with Crippen molar-refractivity contribution in [3.05, 3.63) is 57.2 Å². The van der Waals surface area contributed by atoms with Crippen LogP contribution >= 0.6 is 11.6 Å². The summed E-state index contributed by atoms with van der Waals surface area (Å²) in [6, 6.07) is 8.09. The third kappa shape index (κ3) is 4.51. The number of carbonyl (C=O) groups is 1. The van der Waals surface area contributed by atoms with E-state index in [9.17, 15) is 14.9 Å². The van der Waals surface area contributed by atoms with Crippen molar-refractivity contribution in [2.45, 2.75) is 20.0 Å². The Morgan fingerprint density at radius 1 is 1.25 bits per heavy atom. The third-order valence-electron chi connectivity index (χ3n) is 4.37. The number of benzene rings is 1. The highest BCUT2D eigenvalue weighted by molar-refractivity contribution is 6.32. The van der Waals surface area contributed by atoms with Gasteiger partial charge in [0, 0.05) is 50.2 Å². The molecule has 1 amide bonds. The Morgan fingerprint density at radius 2 is 1.96 bits per heavy atom. The van der Waals surface area contributed by atoms with E-state index >= 15 is 0 Å². The summed E-state index contributed by atoms with van der Waals surface area (Å²) in [7, 11) is 0. The first kappa shape index (κ1) is 19.9. The van der Waals surface area contributed by atoms with E-state index < -0.39 is 4.92 Å². The van der Waals surface area contributed by atoms with Crippen molar-refractivity contribution in [2.24, 2.45) is 0 Å². The number of carbonyl (C=O) groups excluding carboxylic acids is 1. The summed E-state index contributed by atoms with van der Waals surface area (Å²) in [4.78, 5) is 31.2. The number of aromatic nitrogens is 1. The standard InChI is InChI=1S/C19H21ClN4O4/c1-13(2)28-18-17(20)10-14(12-21-18)19(25)23-8-6-22(7-9-23)15-4-3-5-16(11-15)24(26)27/h3-5,10-13H,6-9H2,1-2H3. The van der Waals surface area contributed by atoms with Crippen LogP contribution in [0.3, 0.4) is 0 Å². The predicted molar refractivity (Wildman–Crippen MR) is 106 cm³/mol. The van der Waals surface area contributed by atoms with Crippen LogP contribution in [-0.2, 0) is 0 Å². The number of nitro benzene ring substituents is 1. The maximum Gasteiger partial charge on any atom is 0.271 e. The van der Waals surface area contributed by atoms with Crippen molar-refractivity contribution < 1.29 is 14.5 Å². The van der Waals surface area contributed by atoms with E-state index in [4.69, 9.17) is 16.3 Å². The lowest BCUT2D eigenvalue weighted by Gasteiger charge is -2.36. The van der Waals surface area contributed by atoms with E-state index in [1.807, 2.05) is 24.8 Å². The van der Waals surface area contributed by atoms with Crippen LogP contribution in [0.4, 0.5) is 11.4 Å². The fourth-order valence-corrected chi connectivity index (χ4v) is 3.22. The smallest absolute Gasteiger partial charge is 0.271 e. The molecule has 1 aliphatic rings. The Kier molecular flexibility index (Phi) is 5.99. The quantitative estimate of drug-likeness (QED) is 0.560. The van der Waals surface area contributed by atoms with Gasteiger partial charge in [0.1, 0.15) is 5.02 Å². The molecule has 2 heterocycles. The molecule has 1 saturated heterocycles. The molecule has 0 radical (unpaired) electrons. The maximum atomic E-state index is 12.8. The number of non-ortho nitro benzene ring substituents is 1. The number of hydrogen-bond acceptors (Lipinski definition) is 6. The minimum Gasteiger partial charge on any atom is -0.474 e. The average molecular weight is 405 g/mol. The third-order valence-corrected chi connectivity index (χ3v) is 4.65. The summed E-state index contributed by atoms with van der Waals surface area (Å²) in [5.41, 5.74) is 1.24. The molecular formula is C19H21ClN4O4. The van der Waals surface area contributed by atoms with Gasteiger partial charge in [-0.3, -0.25) is 14.9 Å². The Bertz CT molecular complexity index is 882. The van der Waals surface area contributed by atoms with Crippen molar-refractivity contribution in [2.75, 3.05) is 31.1 Å². The molecule has 1 aliphatic heterocycles. The van der Waals surface area contributed by atoms with E-state index in [1.54, 1.807) is 23.1 Å². The highest BCUT2D eigenvalue weighted by Gasteiger charge is 2.24. The molecule has 2 aromatic rings. The van der Waals surface area contributed by atoms with E-state index in [-0.39, 0.29) is 17.7 Å². The van der Waals surface area contributed by atoms with Crippen LogP contribution in [0.2, 0.25) is 5.02 Å². The molecule has 0 saturated carbocycles. The zero-order chi connectivity index (χ0) is 20.3. The molecule has 0 N–H and O–H groups in total. The molecule has 28 heavy (non-hydrogen) atoms. The molecule has 0 spiro atoms. The van der Waals surface area contributed by atoms with Crippen LogP contribution in [0.1, 0.15) is 24.2 Å². The number of ether oxygens (including phenoxy) is 1. The highest BCUT2D eigenvalue weighted by atomic mass is 35.5.